The lowest BCUT2D eigenvalue weighted by atomic mass is 10.1. The maximum Gasteiger partial charge on any atom is 0.355 e. The number of aliphatic hydroxyl groups excluding tert-OH is 1. The maximum atomic E-state index is 12.2. The second-order valence-corrected chi connectivity index (χ2v) is 5.96. The molecule has 0 spiro atoms. The first-order chi connectivity index (χ1) is 9.90. The number of hydrogen-bond acceptors (Lipinski definition) is 3. The molecule has 112 valence electrons. The number of carbonyl (C=O) groups is 1. The average Bonchev–Trinajstić information content (AvgIpc) is 2.71. The number of rotatable bonds is 4. The van der Waals surface area contributed by atoms with Crippen molar-refractivity contribution in [3.05, 3.63) is 56.8 Å². The molecule has 5 heteroatoms. The van der Waals surface area contributed by atoms with Crippen LogP contribution in [-0.4, -0.2) is 16.1 Å². The summed E-state index contributed by atoms with van der Waals surface area (Å²) in [5, 5.41) is 9.74. The minimum Gasteiger partial charge on any atom is -0.456 e. The summed E-state index contributed by atoms with van der Waals surface area (Å²) in [7, 11) is 0. The molecule has 0 unspecified atom stereocenters. The molecule has 0 fully saturated rings. The Hall–Kier alpha value is -1.59. The van der Waals surface area contributed by atoms with Gasteiger partial charge >= 0.3 is 5.97 Å². The predicted molar refractivity (Wildman–Crippen MR) is 84.2 cm³/mol. The second kappa shape index (κ2) is 6.45. The van der Waals surface area contributed by atoms with Crippen molar-refractivity contribution in [3.63, 3.8) is 0 Å². The number of aromatic amines is 1. The molecule has 0 bridgehead atoms. The Morgan fingerprint density at radius 1 is 1.43 bits per heavy atom. The standard InChI is InChI=1S/C16H18BrNO3/c1-9-14(11(3)19)10(2)18-15(9)16(20)21-8-12-5-4-6-13(17)7-12/h4-7,11,18-19H,8H2,1-3H3/t11-/m1/s1. The first-order valence-electron chi connectivity index (χ1n) is 6.69. The van der Waals surface area contributed by atoms with Gasteiger partial charge in [-0.3, -0.25) is 0 Å². The van der Waals surface area contributed by atoms with Crippen LogP contribution in [0.15, 0.2) is 28.7 Å². The Morgan fingerprint density at radius 2 is 2.14 bits per heavy atom. The van der Waals surface area contributed by atoms with E-state index in [1.165, 1.54) is 0 Å². The molecule has 21 heavy (non-hydrogen) atoms. The number of hydrogen-bond donors (Lipinski definition) is 2. The smallest absolute Gasteiger partial charge is 0.355 e. The number of aryl methyl sites for hydroxylation is 1. The van der Waals surface area contributed by atoms with Gasteiger partial charge in [-0.1, -0.05) is 28.1 Å². The third-order valence-electron chi connectivity index (χ3n) is 3.38. The highest BCUT2D eigenvalue weighted by atomic mass is 79.9. The lowest BCUT2D eigenvalue weighted by Gasteiger charge is -2.06. The number of esters is 1. The van der Waals surface area contributed by atoms with Gasteiger partial charge in [0.2, 0.25) is 0 Å². The summed E-state index contributed by atoms with van der Waals surface area (Å²) >= 11 is 3.38. The number of nitrogens with one attached hydrogen (secondary N) is 1. The first-order valence-corrected chi connectivity index (χ1v) is 7.48. The molecule has 1 aromatic heterocycles. The van der Waals surface area contributed by atoms with Gasteiger partial charge in [-0.2, -0.15) is 0 Å². The third-order valence-corrected chi connectivity index (χ3v) is 3.87. The van der Waals surface area contributed by atoms with Gasteiger partial charge in [0.25, 0.3) is 0 Å². The highest BCUT2D eigenvalue weighted by molar-refractivity contribution is 9.10. The van der Waals surface area contributed by atoms with Crippen molar-refractivity contribution in [1.29, 1.82) is 0 Å². The minimum absolute atomic E-state index is 0.208. The lowest BCUT2D eigenvalue weighted by Crippen LogP contribution is -2.07. The topological polar surface area (TPSA) is 62.3 Å². The van der Waals surface area contributed by atoms with Gasteiger partial charge in [-0.15, -0.1) is 0 Å². The average molecular weight is 352 g/mol. The molecule has 1 aromatic carbocycles. The van der Waals surface area contributed by atoms with Crippen molar-refractivity contribution in [2.45, 2.75) is 33.5 Å². The number of halogens is 1. The van der Waals surface area contributed by atoms with E-state index >= 15 is 0 Å². The SMILES string of the molecule is Cc1[nH]c(C(=O)OCc2cccc(Br)c2)c(C)c1[C@@H](C)O. The van der Waals surface area contributed by atoms with E-state index in [2.05, 4.69) is 20.9 Å². The largest absolute Gasteiger partial charge is 0.456 e. The molecule has 4 nitrogen and oxygen atoms in total. The highest BCUT2D eigenvalue weighted by Gasteiger charge is 2.20. The van der Waals surface area contributed by atoms with E-state index in [4.69, 9.17) is 4.74 Å². The van der Waals surface area contributed by atoms with E-state index in [0.717, 1.165) is 26.9 Å². The van der Waals surface area contributed by atoms with Gasteiger partial charge in [0.1, 0.15) is 12.3 Å². The van der Waals surface area contributed by atoms with Crippen molar-refractivity contribution in [2.75, 3.05) is 0 Å². The second-order valence-electron chi connectivity index (χ2n) is 5.05. The zero-order valence-corrected chi connectivity index (χ0v) is 13.8. The summed E-state index contributed by atoms with van der Waals surface area (Å²) in [6.07, 6.45) is -0.618. The molecule has 1 atom stereocenters. The van der Waals surface area contributed by atoms with Gasteiger partial charge in [0.05, 0.1) is 6.10 Å². The fourth-order valence-electron chi connectivity index (χ4n) is 2.44. The summed E-state index contributed by atoms with van der Waals surface area (Å²) < 4.78 is 6.27. The fraction of sp³-hybridized carbons (Fsp3) is 0.312. The monoisotopic (exact) mass is 351 g/mol. The predicted octanol–water partition coefficient (Wildman–Crippen LogP) is 3.80. The van der Waals surface area contributed by atoms with Gasteiger partial charge < -0.3 is 14.8 Å². The zero-order chi connectivity index (χ0) is 15.6. The summed E-state index contributed by atoms with van der Waals surface area (Å²) in [5.74, 6) is -0.414. The third kappa shape index (κ3) is 3.54. The van der Waals surface area contributed by atoms with Crippen LogP contribution in [0.25, 0.3) is 0 Å². The van der Waals surface area contributed by atoms with Crippen LogP contribution in [-0.2, 0) is 11.3 Å². The summed E-state index contributed by atoms with van der Waals surface area (Å²) in [6.45, 7) is 5.53. The number of aromatic nitrogens is 1. The van der Waals surface area contributed by atoms with E-state index in [1.807, 2.05) is 31.2 Å². The van der Waals surface area contributed by atoms with Crippen LogP contribution in [0, 0.1) is 13.8 Å². The number of ether oxygens (including phenoxy) is 1. The van der Waals surface area contributed by atoms with Crippen molar-refractivity contribution >= 4 is 21.9 Å². The van der Waals surface area contributed by atoms with Crippen LogP contribution in [0.1, 0.15) is 45.9 Å². The van der Waals surface area contributed by atoms with Crippen LogP contribution in [0.2, 0.25) is 0 Å². The molecule has 0 aliphatic carbocycles. The van der Waals surface area contributed by atoms with Crippen molar-refractivity contribution < 1.29 is 14.6 Å². The fourth-order valence-corrected chi connectivity index (χ4v) is 2.89. The normalized spacial score (nSPS) is 12.2. The Kier molecular flexibility index (Phi) is 4.85. The van der Waals surface area contributed by atoms with Crippen LogP contribution in [0.5, 0.6) is 0 Å². The van der Waals surface area contributed by atoms with Gasteiger partial charge in [-0.05, 0) is 44.0 Å². The van der Waals surface area contributed by atoms with E-state index < -0.39 is 12.1 Å². The molecule has 0 saturated heterocycles. The van der Waals surface area contributed by atoms with Gasteiger partial charge in [-0.25, -0.2) is 4.79 Å². The molecule has 0 radical (unpaired) electrons. The molecule has 0 aliphatic rings. The molecular weight excluding hydrogens is 334 g/mol. The lowest BCUT2D eigenvalue weighted by molar-refractivity contribution is 0.0465. The molecule has 2 aromatic rings. The number of benzene rings is 1. The highest BCUT2D eigenvalue weighted by Crippen LogP contribution is 2.25. The molecular formula is C16H18BrNO3. The minimum atomic E-state index is -0.618. The molecule has 0 saturated carbocycles. The Bertz CT molecular complexity index is 662. The zero-order valence-electron chi connectivity index (χ0n) is 12.2. The molecule has 0 amide bonds. The molecule has 2 rings (SSSR count). The van der Waals surface area contributed by atoms with Crippen LogP contribution < -0.4 is 0 Å². The van der Waals surface area contributed by atoms with Crippen LogP contribution in [0.3, 0.4) is 0 Å². The number of H-pyrrole nitrogens is 1. The van der Waals surface area contributed by atoms with E-state index in [9.17, 15) is 9.90 Å². The summed E-state index contributed by atoms with van der Waals surface area (Å²) in [4.78, 5) is 15.2. The van der Waals surface area contributed by atoms with E-state index in [-0.39, 0.29) is 6.61 Å². The van der Waals surface area contributed by atoms with E-state index in [0.29, 0.717) is 5.69 Å². The van der Waals surface area contributed by atoms with Crippen molar-refractivity contribution in [2.24, 2.45) is 0 Å². The summed E-state index contributed by atoms with van der Waals surface area (Å²) in [6, 6.07) is 7.61. The van der Waals surface area contributed by atoms with Crippen molar-refractivity contribution in [1.82, 2.24) is 4.98 Å². The molecule has 1 heterocycles. The van der Waals surface area contributed by atoms with E-state index in [1.54, 1.807) is 13.8 Å². The molecule has 0 aliphatic heterocycles. The Labute approximate surface area is 132 Å². The summed E-state index contributed by atoms with van der Waals surface area (Å²) in [5.41, 5.74) is 3.59. The van der Waals surface area contributed by atoms with Gasteiger partial charge in [0, 0.05) is 15.7 Å². The van der Waals surface area contributed by atoms with Crippen molar-refractivity contribution in [3.8, 4) is 0 Å². The maximum absolute atomic E-state index is 12.2. The Morgan fingerprint density at radius 3 is 2.71 bits per heavy atom. The quantitative estimate of drug-likeness (QED) is 0.823. The Balaban J connectivity index is 2.12. The van der Waals surface area contributed by atoms with Crippen LogP contribution >= 0.6 is 15.9 Å². The van der Waals surface area contributed by atoms with Crippen LogP contribution in [0.4, 0.5) is 0 Å². The number of carbonyl (C=O) groups excluding carboxylic acids is 1. The number of aliphatic hydroxyl groups is 1. The molecule has 2 N–H and O–H groups in total. The van der Waals surface area contributed by atoms with Gasteiger partial charge in [0.15, 0.2) is 0 Å². The first kappa shape index (κ1) is 15.8.